The summed E-state index contributed by atoms with van der Waals surface area (Å²) < 4.78 is 5.41. The Hall–Kier alpha value is -2.57. The molecular formula is C27H41N3O4. The first-order valence-electron chi connectivity index (χ1n) is 12.4. The number of rotatable bonds is 4. The molecule has 1 heterocycles. The fraction of sp³-hybridized carbons (Fsp3) is 0.667. The first kappa shape index (κ1) is 26.0. The number of carbonyl (C=O) groups excluding carboxylic acids is 3. The van der Waals surface area contributed by atoms with Crippen LogP contribution in [0.5, 0.6) is 0 Å². The number of nitrogens with one attached hydrogen (secondary N) is 2. The van der Waals surface area contributed by atoms with Crippen molar-refractivity contribution in [3.63, 3.8) is 0 Å². The second kappa shape index (κ2) is 9.96. The van der Waals surface area contributed by atoms with Gasteiger partial charge in [0.1, 0.15) is 17.7 Å². The molecule has 1 aliphatic heterocycles. The molecule has 7 heteroatoms. The number of fused-ring (bicyclic) bond motifs is 1. The van der Waals surface area contributed by atoms with Crippen molar-refractivity contribution in [2.45, 2.75) is 97.9 Å². The van der Waals surface area contributed by atoms with Crippen molar-refractivity contribution in [3.05, 3.63) is 35.4 Å². The smallest absolute Gasteiger partial charge is 0.408 e. The fourth-order valence-electron chi connectivity index (χ4n) is 4.95. The molecule has 2 N–H and O–H groups in total. The Morgan fingerprint density at radius 3 is 2.41 bits per heavy atom. The number of hydrogen-bond acceptors (Lipinski definition) is 4. The fourth-order valence-corrected chi connectivity index (χ4v) is 4.95. The first-order valence-corrected chi connectivity index (χ1v) is 12.4. The van der Waals surface area contributed by atoms with Gasteiger partial charge in [-0.05, 0) is 68.9 Å². The minimum Gasteiger partial charge on any atom is -0.444 e. The van der Waals surface area contributed by atoms with Gasteiger partial charge in [-0.3, -0.25) is 9.59 Å². The molecule has 3 amide bonds. The molecule has 1 aromatic rings. The van der Waals surface area contributed by atoms with Crippen LogP contribution in [0.3, 0.4) is 0 Å². The molecular weight excluding hydrogens is 430 g/mol. The van der Waals surface area contributed by atoms with Gasteiger partial charge >= 0.3 is 6.09 Å². The number of aryl methyl sites for hydroxylation is 1. The Balaban J connectivity index is 1.77. The van der Waals surface area contributed by atoms with Crippen LogP contribution in [0.1, 0.15) is 84.9 Å². The van der Waals surface area contributed by atoms with Crippen molar-refractivity contribution in [1.82, 2.24) is 15.5 Å². The average Bonchev–Trinajstić information content (AvgIpc) is 3.11. The van der Waals surface area contributed by atoms with Crippen molar-refractivity contribution in [3.8, 4) is 0 Å². The highest BCUT2D eigenvalue weighted by Gasteiger charge is 2.44. The SMILES string of the molecule is C[C@H]1C[C@@H](C(=O)N[C@@H]2CCCc3ccccc32)N(C(=O)[C@@H](NC(=O)OC(C)(C)C)C(C)(C)C)C1. The second-order valence-corrected chi connectivity index (χ2v) is 11.9. The van der Waals surface area contributed by atoms with Crippen molar-refractivity contribution in [2.75, 3.05) is 6.54 Å². The maximum absolute atomic E-state index is 13.7. The maximum Gasteiger partial charge on any atom is 0.408 e. The number of ether oxygens (including phenoxy) is 1. The minimum absolute atomic E-state index is 0.0383. The highest BCUT2D eigenvalue weighted by Crippen LogP contribution is 2.32. The standard InChI is InChI=1S/C27H41N3O4/c1-17-15-21(23(31)28-20-14-10-12-18-11-8-9-13-19(18)20)30(16-17)24(32)22(26(2,3)4)29-25(33)34-27(5,6)7/h8-9,11,13,17,20-22H,10,12,14-16H2,1-7H3,(H,28,31)(H,29,33)/t17-,20+,21-,22+/m0/s1. The molecule has 4 atom stereocenters. The van der Waals surface area contributed by atoms with Gasteiger partial charge in [0, 0.05) is 6.54 Å². The number of benzene rings is 1. The van der Waals surface area contributed by atoms with E-state index in [-0.39, 0.29) is 23.8 Å². The predicted molar refractivity (Wildman–Crippen MR) is 132 cm³/mol. The number of nitrogens with zero attached hydrogens (tertiary/aromatic N) is 1. The van der Waals surface area contributed by atoms with Gasteiger partial charge in [-0.1, -0.05) is 52.0 Å². The molecule has 188 valence electrons. The summed E-state index contributed by atoms with van der Waals surface area (Å²) in [6.07, 6.45) is 2.92. The lowest BCUT2D eigenvalue weighted by atomic mass is 9.85. The summed E-state index contributed by atoms with van der Waals surface area (Å²) in [5.41, 5.74) is 1.23. The Morgan fingerprint density at radius 2 is 1.76 bits per heavy atom. The van der Waals surface area contributed by atoms with E-state index in [9.17, 15) is 14.4 Å². The Labute approximate surface area is 204 Å². The summed E-state index contributed by atoms with van der Waals surface area (Å²) in [5.74, 6) is -0.170. The lowest BCUT2D eigenvalue weighted by Gasteiger charge is -2.36. The molecule has 0 radical (unpaired) electrons. The van der Waals surface area contributed by atoms with Crippen LogP contribution in [-0.2, 0) is 20.7 Å². The Kier molecular flexibility index (Phi) is 7.63. The molecule has 3 rings (SSSR count). The summed E-state index contributed by atoms with van der Waals surface area (Å²) in [6.45, 7) is 13.6. The lowest BCUT2D eigenvalue weighted by molar-refractivity contribution is -0.142. The molecule has 1 fully saturated rings. The highest BCUT2D eigenvalue weighted by atomic mass is 16.6. The van der Waals surface area contributed by atoms with Crippen LogP contribution in [0.25, 0.3) is 0 Å². The number of amides is 3. The predicted octanol–water partition coefficient (Wildman–Crippen LogP) is 4.36. The first-order chi connectivity index (χ1) is 15.8. The summed E-state index contributed by atoms with van der Waals surface area (Å²) in [5, 5.41) is 6.00. The molecule has 1 saturated heterocycles. The van der Waals surface area contributed by atoms with Crippen LogP contribution in [0.15, 0.2) is 24.3 Å². The zero-order chi connectivity index (χ0) is 25.3. The van der Waals surface area contributed by atoms with E-state index in [1.165, 1.54) is 11.1 Å². The van der Waals surface area contributed by atoms with Gasteiger partial charge in [0.05, 0.1) is 6.04 Å². The van der Waals surface area contributed by atoms with Gasteiger partial charge in [0.2, 0.25) is 11.8 Å². The largest absolute Gasteiger partial charge is 0.444 e. The van der Waals surface area contributed by atoms with Crippen LogP contribution in [0.2, 0.25) is 0 Å². The van der Waals surface area contributed by atoms with Gasteiger partial charge in [0.15, 0.2) is 0 Å². The summed E-state index contributed by atoms with van der Waals surface area (Å²) >= 11 is 0. The zero-order valence-corrected chi connectivity index (χ0v) is 21.7. The monoisotopic (exact) mass is 471 g/mol. The third-order valence-electron chi connectivity index (χ3n) is 6.56. The normalized spacial score (nSPS) is 23.6. The zero-order valence-electron chi connectivity index (χ0n) is 21.7. The molecule has 0 spiro atoms. The number of alkyl carbamates (subject to hydrolysis) is 1. The molecule has 34 heavy (non-hydrogen) atoms. The molecule has 7 nitrogen and oxygen atoms in total. The summed E-state index contributed by atoms with van der Waals surface area (Å²) in [6, 6.07) is 6.85. The number of likely N-dealkylation sites (tertiary alicyclic amines) is 1. The number of carbonyl (C=O) groups is 3. The minimum atomic E-state index is -0.807. The third-order valence-corrected chi connectivity index (χ3v) is 6.56. The van der Waals surface area contributed by atoms with Crippen molar-refractivity contribution >= 4 is 17.9 Å². The van der Waals surface area contributed by atoms with E-state index in [0.717, 1.165) is 19.3 Å². The molecule has 0 saturated carbocycles. The second-order valence-electron chi connectivity index (χ2n) is 11.9. The molecule has 0 bridgehead atoms. The van der Waals surface area contributed by atoms with Gasteiger partial charge in [0.25, 0.3) is 0 Å². The molecule has 1 aromatic carbocycles. The van der Waals surface area contributed by atoms with E-state index in [1.54, 1.807) is 25.7 Å². The highest BCUT2D eigenvalue weighted by molar-refractivity contribution is 5.92. The third kappa shape index (κ3) is 6.30. The van der Waals surface area contributed by atoms with Crippen molar-refractivity contribution in [2.24, 2.45) is 11.3 Å². The number of hydrogen-bond donors (Lipinski definition) is 2. The van der Waals surface area contributed by atoms with Crippen molar-refractivity contribution in [1.29, 1.82) is 0 Å². The van der Waals surface area contributed by atoms with E-state index in [0.29, 0.717) is 13.0 Å². The average molecular weight is 472 g/mol. The Morgan fingerprint density at radius 1 is 1.09 bits per heavy atom. The van der Waals surface area contributed by atoms with Gasteiger partial charge in [-0.25, -0.2) is 4.79 Å². The van der Waals surface area contributed by atoms with Gasteiger partial charge in [-0.15, -0.1) is 0 Å². The van der Waals surface area contributed by atoms with E-state index in [2.05, 4.69) is 29.7 Å². The quantitative estimate of drug-likeness (QED) is 0.683. The van der Waals surface area contributed by atoms with Crippen LogP contribution in [0.4, 0.5) is 4.79 Å². The van der Waals surface area contributed by atoms with Crippen molar-refractivity contribution < 1.29 is 19.1 Å². The van der Waals surface area contributed by atoms with Gasteiger partial charge < -0.3 is 20.3 Å². The molecule has 0 aromatic heterocycles. The summed E-state index contributed by atoms with van der Waals surface area (Å²) in [7, 11) is 0. The van der Waals surface area contributed by atoms with E-state index < -0.39 is 29.2 Å². The van der Waals surface area contributed by atoms with Crippen LogP contribution in [0, 0.1) is 11.3 Å². The lowest BCUT2D eigenvalue weighted by Crippen LogP contribution is -2.58. The van der Waals surface area contributed by atoms with E-state index in [1.807, 2.05) is 32.9 Å². The topological polar surface area (TPSA) is 87.7 Å². The maximum atomic E-state index is 13.7. The van der Waals surface area contributed by atoms with Crippen LogP contribution < -0.4 is 10.6 Å². The van der Waals surface area contributed by atoms with Crippen LogP contribution >= 0.6 is 0 Å². The molecule has 0 unspecified atom stereocenters. The summed E-state index contributed by atoms with van der Waals surface area (Å²) in [4.78, 5) is 41.3. The van der Waals surface area contributed by atoms with Crippen LogP contribution in [-0.4, -0.2) is 47.0 Å². The Bertz CT molecular complexity index is 915. The molecule has 1 aliphatic carbocycles. The van der Waals surface area contributed by atoms with E-state index in [4.69, 9.17) is 4.74 Å². The van der Waals surface area contributed by atoms with E-state index >= 15 is 0 Å². The molecule has 2 aliphatic rings. The van der Waals surface area contributed by atoms with Gasteiger partial charge in [-0.2, -0.15) is 0 Å².